The summed E-state index contributed by atoms with van der Waals surface area (Å²) in [6, 6.07) is 16.7. The van der Waals surface area contributed by atoms with Crippen LogP contribution in [-0.2, 0) is 0 Å². The smallest absolute Gasteiger partial charge is 0.258 e. The number of ether oxygens (including phenoxy) is 1. The molecule has 0 saturated heterocycles. The molecule has 1 N–H and O–H groups in total. The van der Waals surface area contributed by atoms with Crippen molar-refractivity contribution < 1.29 is 14.1 Å². The quantitative estimate of drug-likeness (QED) is 0.709. The predicted molar refractivity (Wildman–Crippen MR) is 96.9 cm³/mol. The van der Waals surface area contributed by atoms with Crippen molar-refractivity contribution in [2.45, 2.75) is 20.3 Å². The number of rotatable bonds is 6. The fraction of sp³-hybridized carbons (Fsp3) is 0.200. The predicted octanol–water partition coefficient (Wildman–Crippen LogP) is 4.69. The Morgan fingerprint density at radius 2 is 1.84 bits per heavy atom. The molecule has 1 amide bonds. The van der Waals surface area contributed by atoms with E-state index in [0.717, 1.165) is 17.7 Å². The minimum absolute atomic E-state index is 0.256. The van der Waals surface area contributed by atoms with Gasteiger partial charge in [0.2, 0.25) is 5.88 Å². The first-order valence-corrected chi connectivity index (χ1v) is 8.23. The van der Waals surface area contributed by atoms with Crippen molar-refractivity contribution in [3.63, 3.8) is 0 Å². The Morgan fingerprint density at radius 1 is 1.12 bits per heavy atom. The number of nitrogens with one attached hydrogen (secondary N) is 1. The Labute approximate surface area is 146 Å². The molecular formula is C20H20N2O3. The topological polar surface area (TPSA) is 64.4 Å². The van der Waals surface area contributed by atoms with Gasteiger partial charge in [-0.3, -0.25) is 10.1 Å². The Bertz CT molecular complexity index is 836. The summed E-state index contributed by atoms with van der Waals surface area (Å²) in [5.41, 5.74) is 3.31. The molecular weight excluding hydrogens is 316 g/mol. The fourth-order valence-electron chi connectivity index (χ4n) is 2.30. The maximum atomic E-state index is 12.3. The van der Waals surface area contributed by atoms with Gasteiger partial charge in [0.1, 0.15) is 11.4 Å². The van der Waals surface area contributed by atoms with Crippen LogP contribution >= 0.6 is 0 Å². The first-order valence-electron chi connectivity index (χ1n) is 8.23. The van der Waals surface area contributed by atoms with Gasteiger partial charge in [-0.05, 0) is 37.6 Å². The Kier molecular flexibility index (Phi) is 5.14. The van der Waals surface area contributed by atoms with E-state index in [1.54, 1.807) is 30.3 Å². The van der Waals surface area contributed by atoms with Gasteiger partial charge < -0.3 is 9.26 Å². The Morgan fingerprint density at radius 3 is 2.52 bits per heavy atom. The highest BCUT2D eigenvalue weighted by Crippen LogP contribution is 2.22. The van der Waals surface area contributed by atoms with Crippen molar-refractivity contribution in [1.82, 2.24) is 5.16 Å². The molecule has 128 valence electrons. The lowest BCUT2D eigenvalue weighted by atomic mass is 10.1. The van der Waals surface area contributed by atoms with Crippen LogP contribution in [0.2, 0.25) is 0 Å². The first kappa shape index (κ1) is 16.8. The molecule has 0 fully saturated rings. The van der Waals surface area contributed by atoms with Gasteiger partial charge >= 0.3 is 0 Å². The molecule has 0 radical (unpaired) electrons. The van der Waals surface area contributed by atoms with Gasteiger partial charge in [-0.15, -0.1) is 0 Å². The van der Waals surface area contributed by atoms with Crippen molar-refractivity contribution in [3.8, 4) is 17.0 Å². The van der Waals surface area contributed by atoms with E-state index in [1.807, 2.05) is 38.1 Å². The van der Waals surface area contributed by atoms with E-state index in [-0.39, 0.29) is 5.91 Å². The second-order valence-electron chi connectivity index (χ2n) is 5.77. The van der Waals surface area contributed by atoms with Crippen molar-refractivity contribution in [3.05, 3.63) is 65.7 Å². The molecule has 0 aliphatic heterocycles. The molecule has 3 aromatic rings. The van der Waals surface area contributed by atoms with E-state index in [9.17, 15) is 4.79 Å². The van der Waals surface area contributed by atoms with E-state index in [0.29, 0.717) is 23.7 Å². The summed E-state index contributed by atoms with van der Waals surface area (Å²) >= 11 is 0. The van der Waals surface area contributed by atoms with Crippen molar-refractivity contribution in [1.29, 1.82) is 0 Å². The number of hydrogen-bond acceptors (Lipinski definition) is 4. The molecule has 25 heavy (non-hydrogen) atoms. The summed E-state index contributed by atoms with van der Waals surface area (Å²) in [5.74, 6) is 0.806. The number of anilines is 1. The van der Waals surface area contributed by atoms with Crippen LogP contribution in [0.5, 0.6) is 5.75 Å². The zero-order valence-electron chi connectivity index (χ0n) is 14.3. The van der Waals surface area contributed by atoms with Gasteiger partial charge in [0.05, 0.1) is 6.61 Å². The Hall–Kier alpha value is -3.08. The third-order valence-electron chi connectivity index (χ3n) is 3.68. The highest BCUT2D eigenvalue weighted by molar-refractivity contribution is 6.03. The summed E-state index contributed by atoms with van der Waals surface area (Å²) in [6.45, 7) is 4.73. The van der Waals surface area contributed by atoms with Crippen molar-refractivity contribution >= 4 is 11.8 Å². The monoisotopic (exact) mass is 336 g/mol. The molecule has 1 aromatic heterocycles. The van der Waals surface area contributed by atoms with Crippen LogP contribution < -0.4 is 10.1 Å². The zero-order valence-corrected chi connectivity index (χ0v) is 14.3. The van der Waals surface area contributed by atoms with Crippen LogP contribution in [-0.4, -0.2) is 17.7 Å². The largest absolute Gasteiger partial charge is 0.494 e. The number of nitrogens with zero attached hydrogens (tertiary/aromatic N) is 1. The molecule has 1 heterocycles. The molecule has 0 aliphatic carbocycles. The maximum Gasteiger partial charge on any atom is 0.258 e. The van der Waals surface area contributed by atoms with E-state index in [1.165, 1.54) is 5.56 Å². The standard InChI is InChI=1S/C20H20N2O3/c1-3-12-24-17-10-8-16(9-11-17)20(23)21-19-13-18(22-25-19)15-6-4-14(2)5-7-15/h4-11,13H,3,12H2,1-2H3,(H,21,23). The summed E-state index contributed by atoms with van der Waals surface area (Å²) in [5, 5.41) is 6.71. The number of aryl methyl sites for hydroxylation is 1. The SMILES string of the molecule is CCCOc1ccc(C(=O)Nc2cc(-c3ccc(C)cc3)no2)cc1. The number of carbonyl (C=O) groups is 1. The molecule has 0 aliphatic rings. The second-order valence-corrected chi connectivity index (χ2v) is 5.77. The summed E-state index contributed by atoms with van der Waals surface area (Å²) < 4.78 is 10.7. The number of hydrogen-bond donors (Lipinski definition) is 1. The summed E-state index contributed by atoms with van der Waals surface area (Å²) in [4.78, 5) is 12.3. The van der Waals surface area contributed by atoms with E-state index in [2.05, 4.69) is 10.5 Å². The van der Waals surface area contributed by atoms with E-state index >= 15 is 0 Å². The maximum absolute atomic E-state index is 12.3. The molecule has 0 saturated carbocycles. The molecule has 2 aromatic carbocycles. The normalized spacial score (nSPS) is 10.5. The zero-order chi connectivity index (χ0) is 17.6. The summed E-state index contributed by atoms with van der Waals surface area (Å²) in [7, 11) is 0. The van der Waals surface area contributed by atoms with Gasteiger partial charge in [0.25, 0.3) is 5.91 Å². The molecule has 5 heteroatoms. The van der Waals surface area contributed by atoms with Crippen LogP contribution in [0, 0.1) is 6.92 Å². The highest BCUT2D eigenvalue weighted by atomic mass is 16.5. The highest BCUT2D eigenvalue weighted by Gasteiger charge is 2.11. The number of benzene rings is 2. The van der Waals surface area contributed by atoms with Gasteiger partial charge in [0.15, 0.2) is 0 Å². The van der Waals surface area contributed by atoms with Crippen LogP contribution in [0.3, 0.4) is 0 Å². The number of aromatic nitrogens is 1. The van der Waals surface area contributed by atoms with E-state index < -0.39 is 0 Å². The fourth-order valence-corrected chi connectivity index (χ4v) is 2.30. The average Bonchev–Trinajstić information content (AvgIpc) is 3.09. The van der Waals surface area contributed by atoms with Crippen LogP contribution in [0.1, 0.15) is 29.3 Å². The molecule has 0 unspecified atom stereocenters. The minimum atomic E-state index is -0.256. The lowest BCUT2D eigenvalue weighted by molar-refractivity contribution is 0.102. The van der Waals surface area contributed by atoms with Crippen molar-refractivity contribution in [2.24, 2.45) is 0 Å². The average molecular weight is 336 g/mol. The molecule has 0 atom stereocenters. The molecule has 0 bridgehead atoms. The van der Waals surface area contributed by atoms with Gasteiger partial charge in [-0.25, -0.2) is 0 Å². The van der Waals surface area contributed by atoms with Gasteiger partial charge in [-0.1, -0.05) is 41.9 Å². The number of carbonyl (C=O) groups excluding carboxylic acids is 1. The van der Waals surface area contributed by atoms with Crippen LogP contribution in [0.15, 0.2) is 59.1 Å². The third-order valence-corrected chi connectivity index (χ3v) is 3.68. The number of amides is 1. The Balaban J connectivity index is 1.66. The van der Waals surface area contributed by atoms with Crippen LogP contribution in [0.25, 0.3) is 11.3 Å². The molecule has 3 rings (SSSR count). The lowest BCUT2D eigenvalue weighted by Gasteiger charge is -2.05. The lowest BCUT2D eigenvalue weighted by Crippen LogP contribution is -2.11. The van der Waals surface area contributed by atoms with Gasteiger partial charge in [-0.2, -0.15) is 0 Å². The van der Waals surface area contributed by atoms with E-state index in [4.69, 9.17) is 9.26 Å². The second kappa shape index (κ2) is 7.66. The molecule has 5 nitrogen and oxygen atoms in total. The van der Waals surface area contributed by atoms with Gasteiger partial charge in [0, 0.05) is 17.2 Å². The minimum Gasteiger partial charge on any atom is -0.494 e. The molecule has 0 spiro atoms. The van der Waals surface area contributed by atoms with Crippen LogP contribution in [0.4, 0.5) is 5.88 Å². The van der Waals surface area contributed by atoms with Crippen molar-refractivity contribution in [2.75, 3.05) is 11.9 Å². The third kappa shape index (κ3) is 4.26. The summed E-state index contributed by atoms with van der Waals surface area (Å²) in [6.07, 6.45) is 0.942. The first-order chi connectivity index (χ1) is 12.2.